The minimum absolute atomic E-state index is 0. The van der Waals surface area contributed by atoms with Crippen molar-refractivity contribution in [3.05, 3.63) is 42.4 Å². The summed E-state index contributed by atoms with van der Waals surface area (Å²) in [5.74, 6) is 1.68. The molecule has 2 N–H and O–H groups in total. The molecule has 1 aliphatic heterocycles. The number of likely N-dealkylation sites (tertiary alicyclic amines) is 1. The Balaban J connectivity index is 0.00000300. The molecule has 29 heavy (non-hydrogen) atoms. The van der Waals surface area contributed by atoms with Crippen LogP contribution in [0, 0.1) is 0 Å². The second-order valence-electron chi connectivity index (χ2n) is 7.19. The molecular weight excluding hydrogens is 477 g/mol. The number of hydrogen-bond acceptors (Lipinski definition) is 4. The molecule has 2 aromatic rings. The number of pyridine rings is 1. The zero-order valence-corrected chi connectivity index (χ0v) is 19.9. The van der Waals surface area contributed by atoms with Gasteiger partial charge in [-0.05, 0) is 56.5 Å². The largest absolute Gasteiger partial charge is 0.357 e. The summed E-state index contributed by atoms with van der Waals surface area (Å²) in [4.78, 5) is 11.7. The van der Waals surface area contributed by atoms with Gasteiger partial charge in [0.1, 0.15) is 0 Å². The summed E-state index contributed by atoms with van der Waals surface area (Å²) in [6, 6.07) is 6.66. The van der Waals surface area contributed by atoms with Crippen molar-refractivity contribution in [2.75, 3.05) is 26.2 Å². The second kappa shape index (κ2) is 12.8. The molecule has 0 radical (unpaired) electrons. The van der Waals surface area contributed by atoms with Crippen LogP contribution in [0.1, 0.15) is 45.1 Å². The van der Waals surface area contributed by atoms with Crippen LogP contribution in [-0.2, 0) is 6.54 Å². The first-order valence-electron chi connectivity index (χ1n) is 10.5. The van der Waals surface area contributed by atoms with Gasteiger partial charge in [-0.1, -0.05) is 13.3 Å². The van der Waals surface area contributed by atoms with E-state index >= 15 is 0 Å². The number of aromatic nitrogens is 3. The maximum atomic E-state index is 4.75. The summed E-state index contributed by atoms with van der Waals surface area (Å²) in [6.07, 6.45) is 10.7. The third-order valence-electron chi connectivity index (χ3n) is 5.22. The maximum absolute atomic E-state index is 4.75. The van der Waals surface area contributed by atoms with Crippen LogP contribution < -0.4 is 10.6 Å². The van der Waals surface area contributed by atoms with Crippen LogP contribution in [0.3, 0.4) is 0 Å². The van der Waals surface area contributed by atoms with Crippen LogP contribution in [0.2, 0.25) is 0 Å². The number of halogens is 1. The van der Waals surface area contributed by atoms with E-state index in [1.165, 1.54) is 32.2 Å². The first-order chi connectivity index (χ1) is 13.8. The predicted molar refractivity (Wildman–Crippen MR) is 129 cm³/mol. The first-order valence-corrected chi connectivity index (χ1v) is 10.5. The van der Waals surface area contributed by atoms with Crippen molar-refractivity contribution in [3.63, 3.8) is 0 Å². The fourth-order valence-electron chi connectivity index (χ4n) is 3.74. The number of hydrogen-bond donors (Lipinski definition) is 2. The molecule has 0 spiro atoms. The predicted octanol–water partition coefficient (Wildman–Crippen LogP) is 3.20. The summed E-state index contributed by atoms with van der Waals surface area (Å²) >= 11 is 0. The average molecular weight is 511 g/mol. The van der Waals surface area contributed by atoms with E-state index < -0.39 is 0 Å². The van der Waals surface area contributed by atoms with Gasteiger partial charge < -0.3 is 10.6 Å². The molecule has 1 atom stereocenters. The molecule has 1 unspecified atom stereocenters. The monoisotopic (exact) mass is 511 g/mol. The molecule has 0 bridgehead atoms. The third kappa shape index (κ3) is 7.26. The zero-order chi connectivity index (χ0) is 19.6. The molecule has 8 heteroatoms. The lowest BCUT2D eigenvalue weighted by Crippen LogP contribution is -2.45. The van der Waals surface area contributed by atoms with Crippen molar-refractivity contribution in [2.45, 2.75) is 52.1 Å². The summed E-state index contributed by atoms with van der Waals surface area (Å²) in [6.45, 7) is 9.06. The fraction of sp³-hybridized carbons (Fsp3) is 0.571. The van der Waals surface area contributed by atoms with E-state index in [-0.39, 0.29) is 24.0 Å². The van der Waals surface area contributed by atoms with Crippen molar-refractivity contribution >= 4 is 29.9 Å². The smallest absolute Gasteiger partial charge is 0.191 e. The lowest BCUT2D eigenvalue weighted by molar-refractivity contribution is 0.147. The van der Waals surface area contributed by atoms with Crippen LogP contribution in [0.15, 0.2) is 41.8 Å². The molecule has 0 amide bonds. The standard InChI is InChI=1S/C21H33N7.HI/c1-3-19-8-5-6-13-27(19)15-12-24-21(22-4-2)25-17-18-9-11-23-20(16-18)28-14-7-10-26-28;/h7,9-11,14,16,19H,3-6,8,12-13,15,17H2,1-2H3,(H2,22,24,25);1H. The highest BCUT2D eigenvalue weighted by Gasteiger charge is 2.19. The van der Waals surface area contributed by atoms with Gasteiger partial charge >= 0.3 is 0 Å². The van der Waals surface area contributed by atoms with E-state index in [9.17, 15) is 0 Å². The maximum Gasteiger partial charge on any atom is 0.191 e. The van der Waals surface area contributed by atoms with Crippen molar-refractivity contribution in [1.82, 2.24) is 30.3 Å². The molecule has 160 valence electrons. The fourth-order valence-corrected chi connectivity index (χ4v) is 3.74. The highest BCUT2D eigenvalue weighted by atomic mass is 127. The summed E-state index contributed by atoms with van der Waals surface area (Å²) in [5, 5.41) is 11.1. The van der Waals surface area contributed by atoms with Gasteiger partial charge in [0.25, 0.3) is 0 Å². The van der Waals surface area contributed by atoms with Gasteiger partial charge in [-0.15, -0.1) is 24.0 Å². The quantitative estimate of drug-likeness (QED) is 0.324. The van der Waals surface area contributed by atoms with Crippen LogP contribution in [0.25, 0.3) is 5.82 Å². The Morgan fingerprint density at radius 2 is 2.14 bits per heavy atom. The Bertz CT molecular complexity index is 732. The van der Waals surface area contributed by atoms with Gasteiger partial charge in [0.05, 0.1) is 6.54 Å². The molecule has 2 aromatic heterocycles. The molecule has 0 aromatic carbocycles. The van der Waals surface area contributed by atoms with Crippen LogP contribution in [0.4, 0.5) is 0 Å². The Morgan fingerprint density at radius 1 is 1.24 bits per heavy atom. The Kier molecular flexibility index (Phi) is 10.4. The van der Waals surface area contributed by atoms with Crippen molar-refractivity contribution in [2.24, 2.45) is 4.99 Å². The number of guanidine groups is 1. The van der Waals surface area contributed by atoms with E-state index in [1.54, 1.807) is 10.9 Å². The number of piperidine rings is 1. The minimum atomic E-state index is 0. The average Bonchev–Trinajstić information content (AvgIpc) is 3.27. The zero-order valence-electron chi connectivity index (χ0n) is 17.5. The van der Waals surface area contributed by atoms with Gasteiger partial charge in [0, 0.05) is 44.3 Å². The summed E-state index contributed by atoms with van der Waals surface area (Å²) < 4.78 is 1.76. The van der Waals surface area contributed by atoms with E-state index in [0.29, 0.717) is 6.54 Å². The third-order valence-corrected chi connectivity index (χ3v) is 5.22. The molecule has 3 heterocycles. The Morgan fingerprint density at radius 3 is 2.90 bits per heavy atom. The SMILES string of the molecule is CCNC(=NCc1ccnc(-n2cccn2)c1)NCCN1CCCCC1CC.I. The van der Waals surface area contributed by atoms with Crippen molar-refractivity contribution in [1.29, 1.82) is 0 Å². The van der Waals surface area contributed by atoms with Gasteiger partial charge in [-0.25, -0.2) is 14.7 Å². The van der Waals surface area contributed by atoms with E-state index in [4.69, 9.17) is 4.99 Å². The van der Waals surface area contributed by atoms with Gasteiger partial charge in [0.2, 0.25) is 0 Å². The first kappa shape index (κ1) is 23.6. The molecule has 1 fully saturated rings. The topological polar surface area (TPSA) is 70.4 Å². The van der Waals surface area contributed by atoms with Crippen LogP contribution in [0.5, 0.6) is 0 Å². The number of rotatable bonds is 8. The Labute approximate surface area is 191 Å². The molecular formula is C21H34IN7. The van der Waals surface area contributed by atoms with E-state index in [1.807, 2.05) is 30.6 Å². The summed E-state index contributed by atoms with van der Waals surface area (Å²) in [5.41, 5.74) is 1.11. The molecule has 7 nitrogen and oxygen atoms in total. The van der Waals surface area contributed by atoms with Crippen LogP contribution >= 0.6 is 24.0 Å². The van der Waals surface area contributed by atoms with Crippen molar-refractivity contribution < 1.29 is 0 Å². The Hall–Kier alpha value is -1.68. The lowest BCUT2D eigenvalue weighted by atomic mass is 10.0. The van der Waals surface area contributed by atoms with Gasteiger partial charge in [-0.2, -0.15) is 5.10 Å². The van der Waals surface area contributed by atoms with Gasteiger partial charge in [-0.3, -0.25) is 4.90 Å². The van der Waals surface area contributed by atoms with Crippen molar-refractivity contribution in [3.8, 4) is 5.82 Å². The van der Waals surface area contributed by atoms with Gasteiger partial charge in [0.15, 0.2) is 11.8 Å². The molecule has 1 saturated heterocycles. The minimum Gasteiger partial charge on any atom is -0.357 e. The number of nitrogens with zero attached hydrogens (tertiary/aromatic N) is 5. The van der Waals surface area contributed by atoms with E-state index in [2.05, 4.69) is 39.5 Å². The van der Waals surface area contributed by atoms with Crippen LogP contribution in [-0.4, -0.2) is 57.8 Å². The highest BCUT2D eigenvalue weighted by molar-refractivity contribution is 14.0. The molecule has 0 saturated carbocycles. The number of aliphatic imine (C=N–C) groups is 1. The second-order valence-corrected chi connectivity index (χ2v) is 7.19. The highest BCUT2D eigenvalue weighted by Crippen LogP contribution is 2.18. The summed E-state index contributed by atoms with van der Waals surface area (Å²) in [7, 11) is 0. The number of nitrogens with one attached hydrogen (secondary N) is 2. The van der Waals surface area contributed by atoms with E-state index in [0.717, 1.165) is 43.0 Å². The molecule has 0 aliphatic carbocycles. The molecule has 1 aliphatic rings. The molecule has 3 rings (SSSR count). The normalized spacial score (nSPS) is 17.6. The lowest BCUT2D eigenvalue weighted by Gasteiger charge is -2.35.